The molecule has 0 saturated heterocycles. The van der Waals surface area contributed by atoms with Gasteiger partial charge in [-0.1, -0.05) is 12.1 Å². The van der Waals surface area contributed by atoms with Crippen molar-refractivity contribution in [2.24, 2.45) is 0 Å². The van der Waals surface area contributed by atoms with Crippen molar-refractivity contribution in [2.45, 2.75) is 19.4 Å². The summed E-state index contributed by atoms with van der Waals surface area (Å²) in [4.78, 5) is 0. The number of benzene rings is 1. The molecule has 1 aromatic rings. The Labute approximate surface area is 60.6 Å². The minimum atomic E-state index is 0.358. The molecule has 1 aromatic carbocycles. The third-order valence-electron chi connectivity index (χ3n) is 1.76. The Kier molecular flexibility index (Phi) is 1.16. The lowest BCUT2D eigenvalue weighted by atomic mass is 10.1. The van der Waals surface area contributed by atoms with Crippen molar-refractivity contribution in [3.8, 4) is 5.75 Å². The molecule has 1 heteroatoms. The van der Waals surface area contributed by atoms with Crippen molar-refractivity contribution in [3.63, 3.8) is 0 Å². The Hall–Kier alpha value is -0.980. The average Bonchev–Trinajstić information content (AvgIpc) is 1.85. The number of ether oxygens (including phenoxy) is 1. The van der Waals surface area contributed by atoms with Crippen molar-refractivity contribution >= 4 is 0 Å². The van der Waals surface area contributed by atoms with Gasteiger partial charge in [-0.05, 0) is 24.6 Å². The summed E-state index contributed by atoms with van der Waals surface area (Å²) in [6.45, 7) is 2.10. The highest BCUT2D eigenvalue weighted by Crippen LogP contribution is 2.21. The van der Waals surface area contributed by atoms with Crippen LogP contribution in [-0.2, 0) is 6.42 Å². The van der Waals surface area contributed by atoms with Gasteiger partial charge in [-0.15, -0.1) is 0 Å². The molecule has 0 fully saturated rings. The summed E-state index contributed by atoms with van der Waals surface area (Å²) in [6, 6.07) is 8.28. The molecule has 52 valence electrons. The molecule has 0 spiro atoms. The maximum Gasteiger partial charge on any atom is 0.119 e. The zero-order chi connectivity index (χ0) is 6.97. The molecule has 2 bridgehead atoms. The monoisotopic (exact) mass is 134 g/mol. The first-order chi connectivity index (χ1) is 4.84. The molecule has 0 radical (unpaired) electrons. The van der Waals surface area contributed by atoms with Gasteiger partial charge in [0.05, 0.1) is 6.10 Å². The minimum Gasteiger partial charge on any atom is -0.490 e. The van der Waals surface area contributed by atoms with Crippen molar-refractivity contribution in [1.82, 2.24) is 0 Å². The molecule has 1 nitrogen and oxygen atoms in total. The molecule has 1 heterocycles. The zero-order valence-electron chi connectivity index (χ0n) is 6.00. The first-order valence-corrected chi connectivity index (χ1v) is 3.60. The van der Waals surface area contributed by atoms with Crippen molar-refractivity contribution in [3.05, 3.63) is 29.8 Å². The summed E-state index contributed by atoms with van der Waals surface area (Å²) in [5, 5.41) is 0. The van der Waals surface area contributed by atoms with Crippen molar-refractivity contribution < 1.29 is 4.74 Å². The molecule has 1 atom stereocenters. The van der Waals surface area contributed by atoms with E-state index in [4.69, 9.17) is 4.74 Å². The summed E-state index contributed by atoms with van der Waals surface area (Å²) in [7, 11) is 0. The third kappa shape index (κ3) is 0.878. The van der Waals surface area contributed by atoms with Crippen molar-refractivity contribution in [1.29, 1.82) is 0 Å². The molecule has 1 aliphatic rings. The van der Waals surface area contributed by atoms with Gasteiger partial charge in [-0.2, -0.15) is 0 Å². The highest BCUT2D eigenvalue weighted by Gasteiger charge is 2.11. The molecule has 2 rings (SSSR count). The predicted octanol–water partition coefficient (Wildman–Crippen LogP) is 2.01. The van der Waals surface area contributed by atoms with Gasteiger partial charge in [0, 0.05) is 6.42 Å². The SMILES string of the molecule is CC1Cc2cccc(c2)O1. The standard InChI is InChI=1S/C9H10O/c1-7-5-8-3-2-4-9(6-8)10-7/h2-4,6-7H,5H2,1H3. The Morgan fingerprint density at radius 3 is 3.20 bits per heavy atom. The second kappa shape index (κ2) is 2.01. The normalized spacial score (nSPS) is 21.9. The van der Waals surface area contributed by atoms with Gasteiger partial charge in [0.15, 0.2) is 0 Å². The van der Waals surface area contributed by atoms with E-state index < -0.39 is 0 Å². The lowest BCUT2D eigenvalue weighted by Crippen LogP contribution is -2.18. The van der Waals surface area contributed by atoms with E-state index in [0.29, 0.717) is 6.10 Å². The molecule has 0 N–H and O–H groups in total. The van der Waals surface area contributed by atoms with E-state index in [-0.39, 0.29) is 0 Å². The maximum atomic E-state index is 5.49. The molecule has 1 unspecified atom stereocenters. The second-order valence-corrected chi connectivity index (χ2v) is 2.78. The average molecular weight is 134 g/mol. The van der Waals surface area contributed by atoms with E-state index in [1.165, 1.54) is 5.56 Å². The van der Waals surface area contributed by atoms with Crippen LogP contribution in [0, 0.1) is 0 Å². The Morgan fingerprint density at radius 2 is 2.40 bits per heavy atom. The number of fused-ring (bicyclic) bond motifs is 2. The van der Waals surface area contributed by atoms with Crippen LogP contribution < -0.4 is 4.74 Å². The summed E-state index contributed by atoms with van der Waals surface area (Å²) in [5.74, 6) is 1.01. The van der Waals surface area contributed by atoms with Gasteiger partial charge in [-0.3, -0.25) is 0 Å². The molecule has 10 heavy (non-hydrogen) atoms. The molecule has 0 amide bonds. The van der Waals surface area contributed by atoms with Crippen LogP contribution in [0.2, 0.25) is 0 Å². The number of hydrogen-bond donors (Lipinski definition) is 0. The summed E-state index contributed by atoms with van der Waals surface area (Å²) in [6.07, 6.45) is 1.41. The van der Waals surface area contributed by atoms with Gasteiger partial charge in [0.1, 0.15) is 5.75 Å². The fourth-order valence-electron chi connectivity index (χ4n) is 1.35. The Morgan fingerprint density at radius 1 is 1.50 bits per heavy atom. The molecule has 1 aliphatic heterocycles. The van der Waals surface area contributed by atoms with Crippen LogP contribution in [0.4, 0.5) is 0 Å². The Balaban J connectivity index is 2.43. The second-order valence-electron chi connectivity index (χ2n) is 2.78. The molecular weight excluding hydrogens is 124 g/mol. The van der Waals surface area contributed by atoms with Crippen molar-refractivity contribution in [2.75, 3.05) is 0 Å². The predicted molar refractivity (Wildman–Crippen MR) is 40.2 cm³/mol. The molecule has 0 aromatic heterocycles. The third-order valence-corrected chi connectivity index (χ3v) is 1.76. The van der Waals surface area contributed by atoms with Crippen LogP contribution in [0.3, 0.4) is 0 Å². The minimum absolute atomic E-state index is 0.358. The lowest BCUT2D eigenvalue weighted by molar-refractivity contribution is 0.212. The topological polar surface area (TPSA) is 9.23 Å². The van der Waals surface area contributed by atoms with Gasteiger partial charge in [0.25, 0.3) is 0 Å². The number of rotatable bonds is 0. The highest BCUT2D eigenvalue weighted by molar-refractivity contribution is 5.31. The lowest BCUT2D eigenvalue weighted by Gasteiger charge is -2.20. The van der Waals surface area contributed by atoms with E-state index in [0.717, 1.165) is 12.2 Å². The Bertz CT molecular complexity index is 221. The van der Waals surface area contributed by atoms with E-state index in [9.17, 15) is 0 Å². The van der Waals surface area contributed by atoms with E-state index in [1.54, 1.807) is 0 Å². The van der Waals surface area contributed by atoms with E-state index in [2.05, 4.69) is 19.1 Å². The van der Waals surface area contributed by atoms with Crippen LogP contribution in [0.5, 0.6) is 5.75 Å². The fraction of sp³-hybridized carbons (Fsp3) is 0.333. The van der Waals surface area contributed by atoms with Gasteiger partial charge in [0.2, 0.25) is 0 Å². The molecular formula is C9H10O. The van der Waals surface area contributed by atoms with Crippen LogP contribution in [0.15, 0.2) is 24.3 Å². The summed E-state index contributed by atoms with van der Waals surface area (Å²) in [5.41, 5.74) is 1.39. The van der Waals surface area contributed by atoms with Crippen LogP contribution in [0.25, 0.3) is 0 Å². The smallest absolute Gasteiger partial charge is 0.119 e. The van der Waals surface area contributed by atoms with Crippen LogP contribution in [-0.4, -0.2) is 6.10 Å². The van der Waals surface area contributed by atoms with Gasteiger partial charge >= 0.3 is 0 Å². The van der Waals surface area contributed by atoms with Crippen LogP contribution >= 0.6 is 0 Å². The molecule has 0 aliphatic carbocycles. The fourth-order valence-corrected chi connectivity index (χ4v) is 1.35. The highest BCUT2D eigenvalue weighted by atomic mass is 16.5. The largest absolute Gasteiger partial charge is 0.490 e. The van der Waals surface area contributed by atoms with Crippen LogP contribution in [0.1, 0.15) is 12.5 Å². The zero-order valence-corrected chi connectivity index (χ0v) is 6.00. The molecule has 0 saturated carbocycles. The number of hydrogen-bond acceptors (Lipinski definition) is 1. The first-order valence-electron chi connectivity index (χ1n) is 3.60. The van der Waals surface area contributed by atoms with Gasteiger partial charge in [-0.25, -0.2) is 0 Å². The summed E-state index contributed by atoms with van der Waals surface area (Å²) >= 11 is 0. The van der Waals surface area contributed by atoms with E-state index in [1.807, 2.05) is 12.1 Å². The summed E-state index contributed by atoms with van der Waals surface area (Å²) < 4.78 is 5.49. The maximum absolute atomic E-state index is 5.49. The first kappa shape index (κ1) is 5.78. The quantitative estimate of drug-likeness (QED) is 0.527. The van der Waals surface area contributed by atoms with Gasteiger partial charge < -0.3 is 4.74 Å². The van der Waals surface area contributed by atoms with E-state index >= 15 is 0 Å².